The molecular formula is C13H29NO. The molecule has 0 aliphatic carbocycles. The largest absolute Gasteiger partial charge is 0.393 e. The van der Waals surface area contributed by atoms with Crippen molar-refractivity contribution < 1.29 is 5.11 Å². The van der Waals surface area contributed by atoms with Gasteiger partial charge in [0.2, 0.25) is 0 Å². The molecule has 0 heterocycles. The van der Waals surface area contributed by atoms with E-state index in [0.29, 0.717) is 6.04 Å². The van der Waals surface area contributed by atoms with Gasteiger partial charge in [0, 0.05) is 18.0 Å². The highest BCUT2D eigenvalue weighted by Crippen LogP contribution is 2.24. The summed E-state index contributed by atoms with van der Waals surface area (Å²) in [7, 11) is 0. The van der Waals surface area contributed by atoms with E-state index in [1.807, 2.05) is 6.92 Å². The van der Waals surface area contributed by atoms with Crippen molar-refractivity contribution >= 4 is 0 Å². The van der Waals surface area contributed by atoms with Crippen LogP contribution in [0, 0.1) is 5.41 Å². The summed E-state index contributed by atoms with van der Waals surface area (Å²) in [5, 5.41) is 13.3. The SMILES string of the molecule is CCCCC(C)NCC(C)(CC)C(C)O. The molecule has 3 atom stereocenters. The Bertz CT molecular complexity index is 159. The maximum Gasteiger partial charge on any atom is 0.0577 e. The van der Waals surface area contributed by atoms with Crippen molar-refractivity contribution in [1.82, 2.24) is 5.32 Å². The molecule has 92 valence electrons. The molecule has 0 amide bonds. The van der Waals surface area contributed by atoms with E-state index in [1.54, 1.807) is 0 Å². The summed E-state index contributed by atoms with van der Waals surface area (Å²) >= 11 is 0. The second-order valence-corrected chi connectivity index (χ2v) is 5.11. The second kappa shape index (κ2) is 7.24. The number of rotatable bonds is 8. The van der Waals surface area contributed by atoms with Gasteiger partial charge in [-0.2, -0.15) is 0 Å². The van der Waals surface area contributed by atoms with E-state index in [4.69, 9.17) is 0 Å². The van der Waals surface area contributed by atoms with E-state index >= 15 is 0 Å². The first-order valence-electron chi connectivity index (χ1n) is 6.37. The topological polar surface area (TPSA) is 32.3 Å². The summed E-state index contributed by atoms with van der Waals surface area (Å²) in [6, 6.07) is 0.564. The van der Waals surface area contributed by atoms with Gasteiger partial charge in [0.15, 0.2) is 0 Å². The van der Waals surface area contributed by atoms with Crippen LogP contribution >= 0.6 is 0 Å². The molecule has 0 rings (SSSR count). The first-order valence-corrected chi connectivity index (χ1v) is 6.37. The Hall–Kier alpha value is -0.0800. The number of hydrogen-bond acceptors (Lipinski definition) is 2. The van der Waals surface area contributed by atoms with Crippen LogP contribution in [0.5, 0.6) is 0 Å². The standard InChI is InChI=1S/C13H29NO/c1-6-8-9-11(3)14-10-13(5,7-2)12(4)15/h11-12,14-15H,6-10H2,1-5H3. The molecule has 0 bridgehead atoms. The lowest BCUT2D eigenvalue weighted by atomic mass is 9.82. The number of hydrogen-bond donors (Lipinski definition) is 2. The Balaban J connectivity index is 3.89. The molecule has 2 heteroatoms. The van der Waals surface area contributed by atoms with Gasteiger partial charge in [-0.05, 0) is 26.7 Å². The fraction of sp³-hybridized carbons (Fsp3) is 1.00. The van der Waals surface area contributed by atoms with Gasteiger partial charge in [0.25, 0.3) is 0 Å². The lowest BCUT2D eigenvalue weighted by Crippen LogP contribution is -2.42. The van der Waals surface area contributed by atoms with Crippen molar-refractivity contribution in [2.75, 3.05) is 6.54 Å². The van der Waals surface area contributed by atoms with Crippen LogP contribution in [0.4, 0.5) is 0 Å². The average Bonchev–Trinajstić information content (AvgIpc) is 2.22. The van der Waals surface area contributed by atoms with Crippen LogP contribution in [0.1, 0.15) is 60.3 Å². The summed E-state index contributed by atoms with van der Waals surface area (Å²) in [6.45, 7) is 11.5. The fourth-order valence-corrected chi connectivity index (χ4v) is 1.59. The van der Waals surface area contributed by atoms with Crippen LogP contribution in [-0.2, 0) is 0 Å². The fourth-order valence-electron chi connectivity index (χ4n) is 1.59. The van der Waals surface area contributed by atoms with Gasteiger partial charge in [0.05, 0.1) is 6.10 Å². The highest BCUT2D eigenvalue weighted by Gasteiger charge is 2.27. The van der Waals surface area contributed by atoms with Gasteiger partial charge >= 0.3 is 0 Å². The van der Waals surface area contributed by atoms with Gasteiger partial charge in [-0.3, -0.25) is 0 Å². The number of nitrogens with one attached hydrogen (secondary N) is 1. The normalized spacial score (nSPS) is 19.6. The van der Waals surface area contributed by atoms with E-state index in [2.05, 4.69) is 33.0 Å². The third-order valence-corrected chi connectivity index (χ3v) is 3.66. The Morgan fingerprint density at radius 1 is 1.27 bits per heavy atom. The molecule has 3 unspecified atom stereocenters. The van der Waals surface area contributed by atoms with Crippen LogP contribution in [0.3, 0.4) is 0 Å². The maximum absolute atomic E-state index is 9.72. The molecule has 0 spiro atoms. The maximum atomic E-state index is 9.72. The minimum Gasteiger partial charge on any atom is -0.393 e. The monoisotopic (exact) mass is 215 g/mol. The van der Waals surface area contributed by atoms with E-state index in [-0.39, 0.29) is 11.5 Å². The zero-order chi connectivity index (χ0) is 11.9. The van der Waals surface area contributed by atoms with E-state index in [0.717, 1.165) is 13.0 Å². The summed E-state index contributed by atoms with van der Waals surface area (Å²) in [5.41, 5.74) is 0.0144. The molecule has 0 aliphatic rings. The zero-order valence-electron chi connectivity index (χ0n) is 11.1. The lowest BCUT2D eigenvalue weighted by molar-refractivity contribution is 0.0471. The number of aliphatic hydroxyl groups excluding tert-OH is 1. The average molecular weight is 215 g/mol. The van der Waals surface area contributed by atoms with Crippen LogP contribution in [0.25, 0.3) is 0 Å². The van der Waals surface area contributed by atoms with Gasteiger partial charge in [0.1, 0.15) is 0 Å². The molecule has 2 N–H and O–H groups in total. The molecule has 0 aromatic carbocycles. The number of aliphatic hydroxyl groups is 1. The summed E-state index contributed by atoms with van der Waals surface area (Å²) in [5.74, 6) is 0. The molecule has 0 saturated carbocycles. The van der Waals surface area contributed by atoms with Crippen LogP contribution in [0.15, 0.2) is 0 Å². The highest BCUT2D eigenvalue weighted by atomic mass is 16.3. The predicted octanol–water partition coefficient (Wildman–Crippen LogP) is 2.95. The van der Waals surface area contributed by atoms with Gasteiger partial charge in [-0.25, -0.2) is 0 Å². The minimum atomic E-state index is -0.242. The van der Waals surface area contributed by atoms with Crippen molar-refractivity contribution in [2.24, 2.45) is 5.41 Å². The molecule has 0 saturated heterocycles. The summed E-state index contributed by atoms with van der Waals surface area (Å²) in [6.07, 6.45) is 4.54. The molecule has 2 nitrogen and oxygen atoms in total. The van der Waals surface area contributed by atoms with Gasteiger partial charge in [-0.15, -0.1) is 0 Å². The van der Waals surface area contributed by atoms with Gasteiger partial charge in [-0.1, -0.05) is 33.6 Å². The predicted molar refractivity (Wildman–Crippen MR) is 67.1 cm³/mol. The summed E-state index contributed by atoms with van der Waals surface area (Å²) < 4.78 is 0. The van der Waals surface area contributed by atoms with E-state index in [9.17, 15) is 5.11 Å². The number of unbranched alkanes of at least 4 members (excludes halogenated alkanes) is 1. The van der Waals surface area contributed by atoms with Crippen molar-refractivity contribution in [3.05, 3.63) is 0 Å². The van der Waals surface area contributed by atoms with Crippen LogP contribution in [-0.4, -0.2) is 23.8 Å². The van der Waals surface area contributed by atoms with Crippen molar-refractivity contribution in [2.45, 2.75) is 72.4 Å². The Labute approximate surface area is 95.5 Å². The molecular weight excluding hydrogens is 186 g/mol. The molecule has 0 aliphatic heterocycles. The van der Waals surface area contributed by atoms with E-state index in [1.165, 1.54) is 19.3 Å². The minimum absolute atomic E-state index is 0.0144. The Morgan fingerprint density at radius 3 is 2.27 bits per heavy atom. The van der Waals surface area contributed by atoms with Crippen molar-refractivity contribution in [1.29, 1.82) is 0 Å². The lowest BCUT2D eigenvalue weighted by Gasteiger charge is -2.33. The molecule has 0 aromatic rings. The first kappa shape index (κ1) is 14.9. The highest BCUT2D eigenvalue weighted by molar-refractivity contribution is 4.81. The smallest absolute Gasteiger partial charge is 0.0577 e. The quantitative estimate of drug-likeness (QED) is 0.652. The Kier molecular flexibility index (Phi) is 7.20. The van der Waals surface area contributed by atoms with E-state index < -0.39 is 0 Å². The third kappa shape index (κ3) is 5.53. The molecule has 15 heavy (non-hydrogen) atoms. The Morgan fingerprint density at radius 2 is 1.87 bits per heavy atom. The molecule has 0 radical (unpaired) electrons. The van der Waals surface area contributed by atoms with Crippen molar-refractivity contribution in [3.8, 4) is 0 Å². The molecule has 0 fully saturated rings. The molecule has 0 aromatic heterocycles. The van der Waals surface area contributed by atoms with Gasteiger partial charge < -0.3 is 10.4 Å². The van der Waals surface area contributed by atoms with Crippen LogP contribution in [0.2, 0.25) is 0 Å². The zero-order valence-corrected chi connectivity index (χ0v) is 11.1. The first-order chi connectivity index (χ1) is 6.96. The second-order valence-electron chi connectivity index (χ2n) is 5.11. The van der Waals surface area contributed by atoms with Crippen LogP contribution < -0.4 is 5.32 Å². The summed E-state index contributed by atoms with van der Waals surface area (Å²) in [4.78, 5) is 0. The van der Waals surface area contributed by atoms with Crippen molar-refractivity contribution in [3.63, 3.8) is 0 Å². The third-order valence-electron chi connectivity index (χ3n) is 3.66.